The quantitative estimate of drug-likeness (QED) is 0.216. The van der Waals surface area contributed by atoms with Crippen molar-refractivity contribution in [1.82, 2.24) is 0 Å². The molecule has 7 heteroatoms. The molecule has 3 aromatic rings. The van der Waals surface area contributed by atoms with Crippen LogP contribution in [0, 0.1) is 11.8 Å². The standard InChI is InChI=1S/C37H43NO6/c1-37(2,3)30-18-17-24(27(19-23-11-5-4-6-12-23)29(36(42)43)22-35(40)41)20-31(30)38-34(39)21-28-25-13-7-9-15-32(25)44-33-16-10-8-14-26(28)33/h7-10,13-18,20,23,27-29H,4-6,11-12,19,21-22H2,1-3H3,(H,38,39)(H,40,41)(H,42,43). The number of ether oxygens (including phenoxy) is 1. The molecule has 232 valence electrons. The Balaban J connectivity index is 1.48. The molecule has 0 saturated heterocycles. The molecule has 44 heavy (non-hydrogen) atoms. The lowest BCUT2D eigenvalue weighted by atomic mass is 9.73. The van der Waals surface area contributed by atoms with E-state index in [2.05, 4.69) is 26.1 Å². The summed E-state index contributed by atoms with van der Waals surface area (Å²) in [5.74, 6) is -2.29. The number of amides is 1. The summed E-state index contributed by atoms with van der Waals surface area (Å²) in [5.41, 5.74) is 3.94. The molecule has 5 rings (SSSR count). The third-order valence-corrected chi connectivity index (χ3v) is 9.26. The van der Waals surface area contributed by atoms with Gasteiger partial charge in [0.05, 0.1) is 12.3 Å². The molecule has 7 nitrogen and oxygen atoms in total. The van der Waals surface area contributed by atoms with Gasteiger partial charge in [0.2, 0.25) is 5.91 Å². The van der Waals surface area contributed by atoms with E-state index >= 15 is 0 Å². The Morgan fingerprint density at radius 2 is 1.50 bits per heavy atom. The van der Waals surface area contributed by atoms with Crippen LogP contribution in [-0.4, -0.2) is 28.1 Å². The van der Waals surface area contributed by atoms with Crippen LogP contribution in [0.25, 0.3) is 0 Å². The molecule has 3 aromatic carbocycles. The van der Waals surface area contributed by atoms with Gasteiger partial charge >= 0.3 is 11.9 Å². The number of carboxylic acids is 2. The van der Waals surface area contributed by atoms with Crippen LogP contribution in [0.1, 0.15) is 106 Å². The Morgan fingerprint density at radius 1 is 0.886 bits per heavy atom. The number of carbonyl (C=O) groups excluding carboxylic acids is 1. The number of hydrogen-bond donors (Lipinski definition) is 3. The van der Waals surface area contributed by atoms with Crippen molar-refractivity contribution >= 4 is 23.5 Å². The van der Waals surface area contributed by atoms with Crippen LogP contribution in [0.15, 0.2) is 66.7 Å². The van der Waals surface area contributed by atoms with Crippen molar-refractivity contribution in [3.05, 3.63) is 89.0 Å². The second kappa shape index (κ2) is 13.2. The number of aliphatic carboxylic acids is 2. The van der Waals surface area contributed by atoms with E-state index < -0.39 is 30.2 Å². The molecule has 1 saturated carbocycles. The normalized spacial score (nSPS) is 16.6. The topological polar surface area (TPSA) is 113 Å². The van der Waals surface area contributed by atoms with E-state index in [-0.39, 0.29) is 23.7 Å². The molecule has 0 spiro atoms. The number of hydrogen-bond acceptors (Lipinski definition) is 4. The summed E-state index contributed by atoms with van der Waals surface area (Å²) in [6, 6.07) is 21.4. The van der Waals surface area contributed by atoms with Crippen LogP contribution >= 0.6 is 0 Å². The van der Waals surface area contributed by atoms with Crippen molar-refractivity contribution in [2.75, 3.05) is 5.32 Å². The molecular formula is C37H43NO6. The molecule has 0 bridgehead atoms. The van der Waals surface area contributed by atoms with Crippen molar-refractivity contribution in [1.29, 1.82) is 0 Å². The van der Waals surface area contributed by atoms with Gasteiger partial charge in [0, 0.05) is 29.2 Å². The Morgan fingerprint density at radius 3 is 2.07 bits per heavy atom. The van der Waals surface area contributed by atoms with Gasteiger partial charge in [-0.05, 0) is 53.0 Å². The third kappa shape index (κ3) is 7.15. The Labute approximate surface area is 259 Å². The molecule has 2 atom stereocenters. The molecule has 1 aliphatic carbocycles. The summed E-state index contributed by atoms with van der Waals surface area (Å²) in [6.45, 7) is 6.23. The molecule has 1 fully saturated rings. The highest BCUT2D eigenvalue weighted by atomic mass is 16.5. The number of para-hydroxylation sites is 2. The molecular weight excluding hydrogens is 554 g/mol. The van der Waals surface area contributed by atoms with Crippen molar-refractivity contribution in [2.45, 2.75) is 89.4 Å². The second-order valence-corrected chi connectivity index (χ2v) is 13.4. The predicted molar refractivity (Wildman–Crippen MR) is 171 cm³/mol. The summed E-state index contributed by atoms with van der Waals surface area (Å²) < 4.78 is 6.12. The van der Waals surface area contributed by atoms with E-state index in [1.54, 1.807) is 0 Å². The van der Waals surface area contributed by atoms with Gasteiger partial charge in [-0.2, -0.15) is 0 Å². The van der Waals surface area contributed by atoms with Gasteiger partial charge in [-0.25, -0.2) is 0 Å². The van der Waals surface area contributed by atoms with Gasteiger partial charge in [-0.15, -0.1) is 0 Å². The van der Waals surface area contributed by atoms with Crippen LogP contribution in [-0.2, 0) is 19.8 Å². The van der Waals surface area contributed by atoms with Crippen molar-refractivity contribution in [3.63, 3.8) is 0 Å². The van der Waals surface area contributed by atoms with Crippen molar-refractivity contribution < 1.29 is 29.3 Å². The van der Waals surface area contributed by atoms with Crippen LogP contribution in [0.4, 0.5) is 5.69 Å². The molecule has 1 amide bonds. The highest BCUT2D eigenvalue weighted by Gasteiger charge is 2.35. The maximum Gasteiger partial charge on any atom is 0.307 e. The fourth-order valence-electron chi connectivity index (χ4n) is 7.07. The van der Waals surface area contributed by atoms with Crippen LogP contribution in [0.2, 0.25) is 0 Å². The first-order valence-corrected chi connectivity index (χ1v) is 15.8. The second-order valence-electron chi connectivity index (χ2n) is 13.4. The Kier molecular flexibility index (Phi) is 9.42. The Bertz CT molecular complexity index is 1470. The van der Waals surface area contributed by atoms with Crippen molar-refractivity contribution in [2.24, 2.45) is 11.8 Å². The zero-order valence-corrected chi connectivity index (χ0v) is 25.8. The molecule has 2 unspecified atom stereocenters. The van der Waals surface area contributed by atoms with Crippen molar-refractivity contribution in [3.8, 4) is 11.5 Å². The maximum atomic E-state index is 13.8. The lowest BCUT2D eigenvalue weighted by molar-refractivity contribution is -0.149. The summed E-state index contributed by atoms with van der Waals surface area (Å²) in [7, 11) is 0. The summed E-state index contributed by atoms with van der Waals surface area (Å²) in [5, 5.41) is 23.0. The predicted octanol–water partition coefficient (Wildman–Crippen LogP) is 8.48. The number of rotatable bonds is 10. The number of anilines is 1. The van der Waals surface area contributed by atoms with Gasteiger partial charge in [0.15, 0.2) is 0 Å². The minimum Gasteiger partial charge on any atom is -0.481 e. The number of carbonyl (C=O) groups is 3. The largest absolute Gasteiger partial charge is 0.481 e. The molecule has 1 aliphatic heterocycles. The third-order valence-electron chi connectivity index (χ3n) is 9.26. The average molecular weight is 598 g/mol. The highest BCUT2D eigenvalue weighted by molar-refractivity contribution is 5.93. The first-order valence-electron chi connectivity index (χ1n) is 15.8. The minimum absolute atomic E-state index is 0.159. The lowest BCUT2D eigenvalue weighted by Gasteiger charge is -2.31. The van der Waals surface area contributed by atoms with Gasteiger partial charge in [0.1, 0.15) is 11.5 Å². The number of nitrogens with one attached hydrogen (secondary N) is 1. The van der Waals surface area contributed by atoms with E-state index in [4.69, 9.17) is 4.74 Å². The molecule has 3 N–H and O–H groups in total. The molecule has 0 radical (unpaired) electrons. The van der Waals surface area contributed by atoms with E-state index in [9.17, 15) is 24.6 Å². The smallest absolute Gasteiger partial charge is 0.307 e. The summed E-state index contributed by atoms with van der Waals surface area (Å²) in [4.78, 5) is 38.1. The first-order chi connectivity index (χ1) is 21.0. The minimum atomic E-state index is -1.12. The van der Waals surface area contributed by atoms with Crippen LogP contribution < -0.4 is 10.1 Å². The zero-order chi connectivity index (χ0) is 31.4. The van der Waals surface area contributed by atoms with E-state index in [0.29, 0.717) is 18.0 Å². The van der Waals surface area contributed by atoms with E-state index in [1.807, 2.05) is 66.7 Å². The zero-order valence-electron chi connectivity index (χ0n) is 25.8. The SMILES string of the molecule is CC(C)(C)c1ccc(C(CC2CCCCC2)C(CC(=O)O)C(=O)O)cc1NC(=O)CC1c2ccccc2Oc2ccccc21. The van der Waals surface area contributed by atoms with Crippen LogP contribution in [0.5, 0.6) is 11.5 Å². The number of carboxylic acid groups (broad SMARTS) is 2. The first kappa shape index (κ1) is 31.3. The fraction of sp³-hybridized carbons (Fsp3) is 0.432. The summed E-state index contributed by atoms with van der Waals surface area (Å²) in [6.07, 6.45) is 5.81. The Hall–Kier alpha value is -4.13. The van der Waals surface area contributed by atoms with Gasteiger partial charge < -0.3 is 20.3 Å². The van der Waals surface area contributed by atoms with Crippen LogP contribution in [0.3, 0.4) is 0 Å². The molecule has 2 aliphatic rings. The molecule has 1 heterocycles. The van der Waals surface area contributed by atoms with Gasteiger partial charge in [-0.3, -0.25) is 14.4 Å². The lowest BCUT2D eigenvalue weighted by Crippen LogP contribution is -2.28. The fourth-order valence-corrected chi connectivity index (χ4v) is 7.07. The monoisotopic (exact) mass is 597 g/mol. The van der Waals surface area contributed by atoms with Gasteiger partial charge in [0.25, 0.3) is 0 Å². The maximum absolute atomic E-state index is 13.8. The number of fused-ring (bicyclic) bond motifs is 2. The van der Waals surface area contributed by atoms with Gasteiger partial charge in [-0.1, -0.05) is 101 Å². The highest BCUT2D eigenvalue weighted by Crippen LogP contribution is 2.46. The summed E-state index contributed by atoms with van der Waals surface area (Å²) >= 11 is 0. The number of benzene rings is 3. The molecule has 0 aromatic heterocycles. The van der Waals surface area contributed by atoms with E-state index in [0.717, 1.165) is 59.4 Å². The van der Waals surface area contributed by atoms with E-state index in [1.165, 1.54) is 6.42 Å². The average Bonchev–Trinajstić information content (AvgIpc) is 2.98.